The van der Waals surface area contributed by atoms with Crippen LogP contribution in [0.3, 0.4) is 0 Å². The summed E-state index contributed by atoms with van der Waals surface area (Å²) in [5, 5.41) is 0. The van der Waals surface area contributed by atoms with Crippen molar-refractivity contribution < 1.29 is 0 Å². The summed E-state index contributed by atoms with van der Waals surface area (Å²) in [5.74, 6) is 0. The van der Waals surface area contributed by atoms with E-state index in [1.54, 1.807) is 0 Å². The van der Waals surface area contributed by atoms with E-state index in [2.05, 4.69) is 243 Å². The first-order valence-corrected chi connectivity index (χ1v) is 20.2. The van der Waals surface area contributed by atoms with E-state index in [9.17, 15) is 0 Å². The second-order valence-corrected chi connectivity index (χ2v) is 15.7. The molecule has 0 saturated carbocycles. The van der Waals surface area contributed by atoms with Crippen LogP contribution in [0, 0.1) is 0 Å². The van der Waals surface area contributed by atoms with Crippen LogP contribution in [0.4, 0.5) is 17.1 Å². The molecule has 1 aliphatic carbocycles. The van der Waals surface area contributed by atoms with Crippen LogP contribution in [-0.4, -0.2) is 0 Å². The molecule has 58 heavy (non-hydrogen) atoms. The molecular formula is C57H43N. The van der Waals surface area contributed by atoms with Gasteiger partial charge in [0, 0.05) is 22.4 Å². The highest BCUT2D eigenvalue weighted by molar-refractivity contribution is 6.01. The molecule has 9 aromatic rings. The molecule has 0 spiro atoms. The second kappa shape index (κ2) is 14.7. The molecule has 0 unspecified atom stereocenters. The van der Waals surface area contributed by atoms with Crippen molar-refractivity contribution >= 4 is 17.1 Å². The van der Waals surface area contributed by atoms with Gasteiger partial charge in [-0.15, -0.1) is 0 Å². The zero-order chi connectivity index (χ0) is 39.1. The van der Waals surface area contributed by atoms with E-state index in [1.807, 2.05) is 0 Å². The van der Waals surface area contributed by atoms with Crippen LogP contribution in [0.5, 0.6) is 0 Å². The number of anilines is 3. The summed E-state index contributed by atoms with van der Waals surface area (Å²) in [5.41, 5.74) is 20.4. The van der Waals surface area contributed by atoms with Crippen molar-refractivity contribution in [3.05, 3.63) is 236 Å². The predicted molar refractivity (Wildman–Crippen MR) is 246 cm³/mol. The normalized spacial score (nSPS) is 12.4. The average Bonchev–Trinajstić information content (AvgIpc) is 3.52. The summed E-state index contributed by atoms with van der Waals surface area (Å²) in [6, 6.07) is 81.9. The molecule has 9 aromatic carbocycles. The maximum absolute atomic E-state index is 2.49. The smallest absolute Gasteiger partial charge is 0.0546 e. The molecule has 0 saturated heterocycles. The SMILES string of the molecule is CC1(C)c2cc(-c3ccccc3)ccc2-c2ccc(N(c3cccc(-c4ccccc4)c3)c3cccc(-c4ccccc4)c3-c3ccccc3-c3ccccc3)cc21. The van der Waals surface area contributed by atoms with Gasteiger partial charge in [-0.2, -0.15) is 0 Å². The van der Waals surface area contributed by atoms with E-state index in [0.717, 1.165) is 17.1 Å². The van der Waals surface area contributed by atoms with Crippen molar-refractivity contribution in [2.45, 2.75) is 19.3 Å². The molecule has 0 heterocycles. The van der Waals surface area contributed by atoms with Gasteiger partial charge < -0.3 is 4.90 Å². The fourth-order valence-corrected chi connectivity index (χ4v) is 9.00. The Bertz CT molecular complexity index is 2890. The van der Waals surface area contributed by atoms with E-state index < -0.39 is 0 Å². The van der Waals surface area contributed by atoms with Crippen LogP contribution in [0.25, 0.3) is 66.8 Å². The lowest BCUT2D eigenvalue weighted by Crippen LogP contribution is -2.17. The van der Waals surface area contributed by atoms with Crippen LogP contribution in [0.2, 0.25) is 0 Å². The minimum absolute atomic E-state index is 0.211. The summed E-state index contributed by atoms with van der Waals surface area (Å²) in [4.78, 5) is 2.49. The summed E-state index contributed by atoms with van der Waals surface area (Å²) in [6.07, 6.45) is 0. The van der Waals surface area contributed by atoms with Gasteiger partial charge in [0.05, 0.1) is 5.69 Å². The Balaban J connectivity index is 1.22. The molecule has 0 bridgehead atoms. The Hall–Kier alpha value is -7.22. The molecule has 0 aliphatic heterocycles. The molecule has 0 aromatic heterocycles. The van der Waals surface area contributed by atoms with Crippen molar-refractivity contribution in [1.29, 1.82) is 0 Å². The van der Waals surface area contributed by atoms with Gasteiger partial charge in [0.15, 0.2) is 0 Å². The number of hydrogen-bond donors (Lipinski definition) is 0. The Labute approximate surface area is 342 Å². The van der Waals surface area contributed by atoms with Gasteiger partial charge in [-0.05, 0) is 109 Å². The molecule has 0 N–H and O–H groups in total. The highest BCUT2D eigenvalue weighted by Gasteiger charge is 2.36. The number of fused-ring (bicyclic) bond motifs is 3. The van der Waals surface area contributed by atoms with Gasteiger partial charge in [0.1, 0.15) is 0 Å². The van der Waals surface area contributed by atoms with Gasteiger partial charge in [-0.1, -0.05) is 202 Å². The molecule has 0 atom stereocenters. The second-order valence-electron chi connectivity index (χ2n) is 15.7. The summed E-state index contributed by atoms with van der Waals surface area (Å²) < 4.78 is 0. The van der Waals surface area contributed by atoms with Crippen molar-refractivity contribution in [2.75, 3.05) is 4.90 Å². The quantitative estimate of drug-likeness (QED) is 0.150. The maximum atomic E-state index is 2.49. The Morgan fingerprint density at radius 1 is 0.293 bits per heavy atom. The van der Waals surface area contributed by atoms with Gasteiger partial charge >= 0.3 is 0 Å². The molecule has 0 fully saturated rings. The molecule has 0 radical (unpaired) electrons. The van der Waals surface area contributed by atoms with Crippen molar-refractivity contribution in [3.63, 3.8) is 0 Å². The largest absolute Gasteiger partial charge is 0.310 e. The molecule has 0 amide bonds. The average molecular weight is 742 g/mol. The van der Waals surface area contributed by atoms with E-state index in [-0.39, 0.29) is 5.41 Å². The van der Waals surface area contributed by atoms with Crippen LogP contribution in [-0.2, 0) is 5.41 Å². The number of benzene rings is 9. The van der Waals surface area contributed by atoms with E-state index >= 15 is 0 Å². The highest BCUT2D eigenvalue weighted by Crippen LogP contribution is 2.53. The summed E-state index contributed by atoms with van der Waals surface area (Å²) >= 11 is 0. The molecule has 1 nitrogen and oxygen atoms in total. The molecule has 10 rings (SSSR count). The lowest BCUT2D eigenvalue weighted by molar-refractivity contribution is 0.660. The van der Waals surface area contributed by atoms with E-state index in [4.69, 9.17) is 0 Å². The minimum Gasteiger partial charge on any atom is -0.310 e. The third kappa shape index (κ3) is 6.22. The first kappa shape index (κ1) is 35.2. The zero-order valence-corrected chi connectivity index (χ0v) is 32.8. The van der Waals surface area contributed by atoms with Crippen LogP contribution in [0.15, 0.2) is 224 Å². The molecule has 1 aliphatic rings. The van der Waals surface area contributed by atoms with Crippen LogP contribution < -0.4 is 4.90 Å². The lowest BCUT2D eigenvalue weighted by atomic mass is 9.81. The molecule has 276 valence electrons. The van der Waals surface area contributed by atoms with Crippen molar-refractivity contribution in [2.24, 2.45) is 0 Å². The topological polar surface area (TPSA) is 3.24 Å². The Morgan fingerprint density at radius 2 is 0.741 bits per heavy atom. The third-order valence-corrected chi connectivity index (χ3v) is 11.9. The predicted octanol–water partition coefficient (Wildman–Crippen LogP) is 15.8. The monoisotopic (exact) mass is 741 g/mol. The fourth-order valence-electron chi connectivity index (χ4n) is 9.00. The van der Waals surface area contributed by atoms with E-state index in [1.165, 1.54) is 77.9 Å². The van der Waals surface area contributed by atoms with Crippen LogP contribution in [0.1, 0.15) is 25.0 Å². The van der Waals surface area contributed by atoms with Gasteiger partial charge in [0.2, 0.25) is 0 Å². The zero-order valence-electron chi connectivity index (χ0n) is 32.8. The standard InChI is InChI=1S/C57H43N/c1-57(2)53-38-45(41-21-9-4-10-22-41)33-35-50(53)51-36-34-47(39-54(51)57)58(46-28-17-27-44(37-46)40-19-7-3-8-20-40)55-32-18-31-49(43-25-13-6-14-26-43)56(55)52-30-16-15-29-48(52)42-23-11-5-12-24-42/h3-39H,1-2H3. The van der Waals surface area contributed by atoms with Crippen LogP contribution >= 0.6 is 0 Å². The maximum Gasteiger partial charge on any atom is 0.0546 e. The van der Waals surface area contributed by atoms with Gasteiger partial charge in [-0.3, -0.25) is 0 Å². The first-order chi connectivity index (χ1) is 28.5. The molecular weight excluding hydrogens is 699 g/mol. The third-order valence-electron chi connectivity index (χ3n) is 11.9. The summed E-state index contributed by atoms with van der Waals surface area (Å²) in [7, 11) is 0. The number of rotatable bonds is 8. The first-order valence-electron chi connectivity index (χ1n) is 20.2. The van der Waals surface area contributed by atoms with Gasteiger partial charge in [-0.25, -0.2) is 0 Å². The Kier molecular flexibility index (Phi) is 8.92. The van der Waals surface area contributed by atoms with Crippen molar-refractivity contribution in [1.82, 2.24) is 0 Å². The minimum atomic E-state index is -0.211. The molecule has 1 heteroatoms. The number of hydrogen-bond acceptors (Lipinski definition) is 1. The Morgan fingerprint density at radius 3 is 1.38 bits per heavy atom. The van der Waals surface area contributed by atoms with Gasteiger partial charge in [0.25, 0.3) is 0 Å². The van der Waals surface area contributed by atoms with Crippen molar-refractivity contribution in [3.8, 4) is 66.8 Å². The fraction of sp³-hybridized carbons (Fsp3) is 0.0526. The lowest BCUT2D eigenvalue weighted by Gasteiger charge is -2.31. The summed E-state index contributed by atoms with van der Waals surface area (Å²) in [6.45, 7) is 4.77. The number of nitrogens with zero attached hydrogens (tertiary/aromatic N) is 1. The van der Waals surface area contributed by atoms with E-state index in [0.29, 0.717) is 0 Å². The highest BCUT2D eigenvalue weighted by atomic mass is 15.1.